The highest BCUT2D eigenvalue weighted by Crippen LogP contribution is 2.22. The van der Waals surface area contributed by atoms with Gasteiger partial charge in [-0.05, 0) is 23.8 Å². The van der Waals surface area contributed by atoms with Gasteiger partial charge in [0.15, 0.2) is 0 Å². The lowest BCUT2D eigenvalue weighted by atomic mass is 10.0. The molecule has 2 heterocycles. The Morgan fingerprint density at radius 2 is 2.00 bits per heavy atom. The van der Waals surface area contributed by atoms with E-state index in [0.29, 0.717) is 18.2 Å². The number of anilines is 1. The lowest BCUT2D eigenvalue weighted by Crippen LogP contribution is -2.23. The van der Waals surface area contributed by atoms with Crippen molar-refractivity contribution in [1.29, 1.82) is 0 Å². The van der Waals surface area contributed by atoms with E-state index in [9.17, 15) is 4.39 Å². The van der Waals surface area contributed by atoms with E-state index in [1.54, 1.807) is 35.3 Å². The van der Waals surface area contributed by atoms with Crippen molar-refractivity contribution in [2.75, 3.05) is 5.73 Å². The highest BCUT2D eigenvalue weighted by molar-refractivity contribution is 5.30. The minimum atomic E-state index is -0.266. The lowest BCUT2D eigenvalue weighted by Gasteiger charge is -2.17. The van der Waals surface area contributed by atoms with Gasteiger partial charge in [0.05, 0.1) is 18.8 Å². The van der Waals surface area contributed by atoms with Crippen LogP contribution in [-0.2, 0) is 13.6 Å². The molecule has 0 bridgehead atoms. The summed E-state index contributed by atoms with van der Waals surface area (Å²) < 4.78 is 14.9. The summed E-state index contributed by atoms with van der Waals surface area (Å²) in [5, 5.41) is 7.57. The number of benzene rings is 1. The highest BCUT2D eigenvalue weighted by Gasteiger charge is 2.16. The van der Waals surface area contributed by atoms with Crippen molar-refractivity contribution in [3.05, 3.63) is 71.7 Å². The second kappa shape index (κ2) is 6.53. The quantitative estimate of drug-likeness (QED) is 0.751. The fourth-order valence-corrected chi connectivity index (χ4v) is 2.37. The molecule has 2 aromatic heterocycles. The van der Waals surface area contributed by atoms with Gasteiger partial charge in [0, 0.05) is 25.0 Å². The largest absolute Gasteiger partial charge is 0.384 e. The van der Waals surface area contributed by atoms with Crippen molar-refractivity contribution in [1.82, 2.24) is 25.1 Å². The zero-order chi connectivity index (χ0) is 16.2. The number of hydrogen-bond donors (Lipinski definition) is 2. The summed E-state index contributed by atoms with van der Waals surface area (Å²) in [7, 11) is 1.85. The first-order valence-corrected chi connectivity index (χ1v) is 7.16. The second-order valence-corrected chi connectivity index (χ2v) is 5.21. The van der Waals surface area contributed by atoms with Gasteiger partial charge >= 0.3 is 0 Å². The molecule has 0 unspecified atom stereocenters. The van der Waals surface area contributed by atoms with E-state index in [-0.39, 0.29) is 11.9 Å². The maximum Gasteiger partial charge on any atom is 0.144 e. The summed E-state index contributed by atoms with van der Waals surface area (Å²) in [6.07, 6.45) is 5.32. The SMILES string of the molecule is Cn1cc([C@H](NCc2nccc(N)n2)c2ccc(F)cc2)cn1. The third-order valence-corrected chi connectivity index (χ3v) is 3.45. The van der Waals surface area contributed by atoms with Crippen molar-refractivity contribution >= 4 is 5.82 Å². The molecule has 0 aliphatic carbocycles. The standard InChI is InChI=1S/C16H17FN6/c1-23-10-12(8-21-23)16(11-2-4-13(17)5-3-11)20-9-15-19-7-6-14(18)22-15/h2-8,10,16,20H,9H2,1H3,(H2,18,19,22)/t16-/m1/s1. The second-order valence-electron chi connectivity index (χ2n) is 5.21. The van der Waals surface area contributed by atoms with Crippen molar-refractivity contribution in [2.45, 2.75) is 12.6 Å². The summed E-state index contributed by atoms with van der Waals surface area (Å²) in [6, 6.07) is 7.88. The number of nitrogens with two attached hydrogens (primary N) is 1. The Morgan fingerprint density at radius 3 is 2.65 bits per heavy atom. The number of aryl methyl sites for hydroxylation is 1. The third-order valence-electron chi connectivity index (χ3n) is 3.45. The maximum absolute atomic E-state index is 13.2. The predicted octanol–water partition coefficient (Wildman–Crippen LogP) is 1.81. The zero-order valence-corrected chi connectivity index (χ0v) is 12.6. The molecule has 0 saturated carbocycles. The average molecular weight is 312 g/mol. The average Bonchev–Trinajstić information content (AvgIpc) is 2.96. The van der Waals surface area contributed by atoms with Crippen molar-refractivity contribution < 1.29 is 4.39 Å². The third kappa shape index (κ3) is 3.70. The van der Waals surface area contributed by atoms with Crippen molar-refractivity contribution in [2.24, 2.45) is 7.05 Å². The van der Waals surface area contributed by atoms with Crippen LogP contribution in [0.4, 0.5) is 10.2 Å². The number of halogens is 1. The van der Waals surface area contributed by atoms with Crippen LogP contribution < -0.4 is 11.1 Å². The molecule has 0 spiro atoms. The molecule has 1 atom stereocenters. The van der Waals surface area contributed by atoms with E-state index in [0.717, 1.165) is 11.1 Å². The van der Waals surface area contributed by atoms with Crippen molar-refractivity contribution in [3.63, 3.8) is 0 Å². The number of aromatic nitrogens is 4. The first-order valence-electron chi connectivity index (χ1n) is 7.16. The molecule has 0 aliphatic heterocycles. The van der Waals surface area contributed by atoms with Crippen LogP contribution in [0.25, 0.3) is 0 Å². The molecule has 0 fully saturated rings. The van der Waals surface area contributed by atoms with Gasteiger partial charge in [0.1, 0.15) is 17.5 Å². The fourth-order valence-electron chi connectivity index (χ4n) is 2.37. The van der Waals surface area contributed by atoms with Gasteiger partial charge in [0.25, 0.3) is 0 Å². The molecular formula is C16H17FN6. The van der Waals surface area contributed by atoms with Crippen LogP contribution in [0.2, 0.25) is 0 Å². The van der Waals surface area contributed by atoms with Gasteiger partial charge in [0.2, 0.25) is 0 Å². The summed E-state index contributed by atoms with van der Waals surface area (Å²) in [6.45, 7) is 0.433. The minimum Gasteiger partial charge on any atom is -0.384 e. The molecule has 1 aromatic carbocycles. The first kappa shape index (κ1) is 15.1. The number of hydrogen-bond acceptors (Lipinski definition) is 5. The van der Waals surface area contributed by atoms with Crippen LogP contribution >= 0.6 is 0 Å². The summed E-state index contributed by atoms with van der Waals surface area (Å²) in [4.78, 5) is 8.36. The zero-order valence-electron chi connectivity index (χ0n) is 12.6. The minimum absolute atomic E-state index is 0.144. The molecule has 0 saturated heterocycles. The molecule has 23 heavy (non-hydrogen) atoms. The van der Waals surface area contributed by atoms with Crippen LogP contribution in [0, 0.1) is 5.82 Å². The predicted molar refractivity (Wildman–Crippen MR) is 84.7 cm³/mol. The normalized spacial score (nSPS) is 12.3. The Bertz CT molecular complexity index is 783. The molecule has 3 N–H and O–H groups in total. The molecule has 118 valence electrons. The summed E-state index contributed by atoms with van der Waals surface area (Å²) >= 11 is 0. The van der Waals surface area contributed by atoms with E-state index in [1.807, 2.05) is 13.2 Å². The summed E-state index contributed by atoms with van der Waals surface area (Å²) in [5.41, 5.74) is 7.58. The lowest BCUT2D eigenvalue weighted by molar-refractivity contribution is 0.582. The van der Waals surface area contributed by atoms with Gasteiger partial charge < -0.3 is 5.73 Å². The van der Waals surface area contributed by atoms with Gasteiger partial charge in [-0.15, -0.1) is 0 Å². The fraction of sp³-hybridized carbons (Fsp3) is 0.188. The molecule has 3 rings (SSSR count). The molecule has 7 heteroatoms. The Balaban J connectivity index is 1.84. The van der Waals surface area contributed by atoms with E-state index in [4.69, 9.17) is 5.73 Å². The number of nitrogens with zero attached hydrogens (tertiary/aromatic N) is 4. The molecule has 0 amide bonds. The Morgan fingerprint density at radius 1 is 1.22 bits per heavy atom. The van der Waals surface area contributed by atoms with Crippen molar-refractivity contribution in [3.8, 4) is 0 Å². The first-order chi connectivity index (χ1) is 11.1. The topological polar surface area (TPSA) is 81.7 Å². The van der Waals surface area contributed by atoms with Crippen LogP contribution in [0.3, 0.4) is 0 Å². The number of rotatable bonds is 5. The van der Waals surface area contributed by atoms with E-state index in [1.165, 1.54) is 12.1 Å². The van der Waals surface area contributed by atoms with E-state index >= 15 is 0 Å². The monoisotopic (exact) mass is 312 g/mol. The Labute approximate surface area is 133 Å². The Kier molecular flexibility index (Phi) is 4.29. The number of nitrogen functional groups attached to an aromatic ring is 1. The van der Waals surface area contributed by atoms with Crippen LogP contribution in [-0.4, -0.2) is 19.7 Å². The summed E-state index contributed by atoms with van der Waals surface area (Å²) in [5.74, 6) is 0.760. The Hall–Kier alpha value is -2.80. The van der Waals surface area contributed by atoms with Gasteiger partial charge in [-0.2, -0.15) is 5.10 Å². The van der Waals surface area contributed by atoms with Gasteiger partial charge in [-0.1, -0.05) is 12.1 Å². The smallest absolute Gasteiger partial charge is 0.144 e. The van der Waals surface area contributed by atoms with E-state index < -0.39 is 0 Å². The molecule has 0 aliphatic rings. The molecular weight excluding hydrogens is 295 g/mol. The van der Waals surface area contributed by atoms with Gasteiger partial charge in [-0.3, -0.25) is 10.00 Å². The van der Waals surface area contributed by atoms with Gasteiger partial charge in [-0.25, -0.2) is 14.4 Å². The van der Waals surface area contributed by atoms with E-state index in [2.05, 4.69) is 20.4 Å². The molecule has 0 radical (unpaired) electrons. The molecule has 3 aromatic rings. The molecule has 6 nitrogen and oxygen atoms in total. The highest BCUT2D eigenvalue weighted by atomic mass is 19.1. The van der Waals surface area contributed by atoms with Crippen LogP contribution in [0.15, 0.2) is 48.9 Å². The number of nitrogens with one attached hydrogen (secondary N) is 1. The maximum atomic E-state index is 13.2. The van der Waals surface area contributed by atoms with Crippen LogP contribution in [0.1, 0.15) is 23.0 Å². The van der Waals surface area contributed by atoms with Crippen LogP contribution in [0.5, 0.6) is 0 Å².